The lowest BCUT2D eigenvalue weighted by molar-refractivity contribution is -0.133. The number of ether oxygens (including phenoxy) is 2. The molecule has 0 aromatic heterocycles. The predicted octanol–water partition coefficient (Wildman–Crippen LogP) is 3.73. The Labute approximate surface area is 163 Å². The number of piperazine rings is 1. The highest BCUT2D eigenvalue weighted by Gasteiger charge is 2.24. The molecule has 5 nitrogen and oxygen atoms in total. The normalized spacial score (nSPS) is 14.3. The third kappa shape index (κ3) is 4.17. The van der Waals surface area contributed by atoms with Gasteiger partial charge in [-0.2, -0.15) is 0 Å². The molecule has 1 aliphatic heterocycles. The Morgan fingerprint density at radius 1 is 0.962 bits per heavy atom. The predicted molar refractivity (Wildman–Crippen MR) is 104 cm³/mol. The molecule has 0 radical (unpaired) electrons. The van der Waals surface area contributed by atoms with Crippen LogP contribution in [0.5, 0.6) is 11.5 Å². The average molecular weight is 395 g/mol. The summed E-state index contributed by atoms with van der Waals surface area (Å²) in [6.07, 6.45) is 0. The fraction of sp³-hybridized carbons (Fsp3) is 0.316. The maximum absolute atomic E-state index is 12.4. The van der Waals surface area contributed by atoms with E-state index < -0.39 is 0 Å². The molecular weight excluding hydrogens is 375 g/mol. The number of halogens is 2. The number of nitrogens with zero attached hydrogens (tertiary/aromatic N) is 2. The first-order valence-corrected chi connectivity index (χ1v) is 9.08. The molecule has 1 fully saturated rings. The van der Waals surface area contributed by atoms with E-state index in [-0.39, 0.29) is 12.5 Å². The molecule has 1 heterocycles. The zero-order valence-electron chi connectivity index (χ0n) is 14.5. The van der Waals surface area contributed by atoms with Crippen molar-refractivity contribution in [3.63, 3.8) is 0 Å². The Bertz CT molecular complexity index is 757. The smallest absolute Gasteiger partial charge is 0.260 e. The maximum atomic E-state index is 12.4. The van der Waals surface area contributed by atoms with E-state index >= 15 is 0 Å². The fourth-order valence-electron chi connectivity index (χ4n) is 2.94. The van der Waals surface area contributed by atoms with Gasteiger partial charge in [0.15, 0.2) is 18.1 Å². The van der Waals surface area contributed by atoms with Crippen LogP contribution in [0.2, 0.25) is 10.0 Å². The number of carbonyl (C=O) groups excluding carboxylic acids is 1. The Kier molecular flexibility index (Phi) is 6.12. The number of benzene rings is 2. The third-order valence-electron chi connectivity index (χ3n) is 4.31. The Morgan fingerprint density at radius 2 is 1.58 bits per heavy atom. The number of rotatable bonds is 5. The van der Waals surface area contributed by atoms with E-state index in [4.69, 9.17) is 32.7 Å². The van der Waals surface area contributed by atoms with Crippen molar-refractivity contribution in [2.75, 3.05) is 44.8 Å². The standard InChI is InChI=1S/C19H20Cl2N2O3/c1-25-16-7-2-3-8-17(16)26-13-18(24)22-9-11-23(12-10-22)19-14(20)5-4-6-15(19)21/h2-8H,9-13H2,1H3. The van der Waals surface area contributed by atoms with Crippen LogP contribution in [0.25, 0.3) is 0 Å². The summed E-state index contributed by atoms with van der Waals surface area (Å²) in [6, 6.07) is 12.7. The van der Waals surface area contributed by atoms with E-state index in [1.165, 1.54) is 0 Å². The van der Waals surface area contributed by atoms with Crippen LogP contribution in [0.3, 0.4) is 0 Å². The van der Waals surface area contributed by atoms with E-state index in [1.54, 1.807) is 24.1 Å². The molecule has 0 aliphatic carbocycles. The molecule has 0 unspecified atom stereocenters. The summed E-state index contributed by atoms with van der Waals surface area (Å²) >= 11 is 12.5. The molecule has 0 spiro atoms. The maximum Gasteiger partial charge on any atom is 0.260 e. The molecule has 2 aromatic carbocycles. The molecule has 138 valence electrons. The number of methoxy groups -OCH3 is 1. The molecule has 0 N–H and O–H groups in total. The topological polar surface area (TPSA) is 42.0 Å². The average Bonchev–Trinajstić information content (AvgIpc) is 2.66. The molecule has 26 heavy (non-hydrogen) atoms. The van der Waals surface area contributed by atoms with Crippen molar-refractivity contribution in [3.8, 4) is 11.5 Å². The van der Waals surface area contributed by atoms with Crippen molar-refractivity contribution in [1.82, 2.24) is 4.90 Å². The molecule has 0 bridgehead atoms. The lowest BCUT2D eigenvalue weighted by atomic mass is 10.2. The van der Waals surface area contributed by atoms with Crippen LogP contribution in [-0.4, -0.2) is 50.7 Å². The summed E-state index contributed by atoms with van der Waals surface area (Å²) in [5, 5.41) is 1.24. The molecule has 1 saturated heterocycles. The van der Waals surface area contributed by atoms with Gasteiger partial charge >= 0.3 is 0 Å². The molecule has 3 rings (SSSR count). The summed E-state index contributed by atoms with van der Waals surface area (Å²) in [5.74, 6) is 1.11. The van der Waals surface area contributed by atoms with Crippen molar-refractivity contribution in [2.24, 2.45) is 0 Å². The lowest BCUT2D eigenvalue weighted by Gasteiger charge is -2.36. The van der Waals surface area contributed by atoms with Crippen LogP contribution < -0.4 is 14.4 Å². The van der Waals surface area contributed by atoms with Gasteiger partial charge in [-0.25, -0.2) is 0 Å². The molecule has 2 aromatic rings. The molecule has 0 saturated carbocycles. The first kappa shape index (κ1) is 18.7. The van der Waals surface area contributed by atoms with Crippen molar-refractivity contribution >= 4 is 34.8 Å². The molecule has 0 atom stereocenters. The van der Waals surface area contributed by atoms with Crippen LogP contribution in [0.4, 0.5) is 5.69 Å². The number of anilines is 1. The van der Waals surface area contributed by atoms with E-state index in [2.05, 4.69) is 4.90 Å². The Balaban J connectivity index is 1.55. The van der Waals surface area contributed by atoms with Crippen molar-refractivity contribution in [3.05, 3.63) is 52.5 Å². The minimum atomic E-state index is -0.0548. The highest BCUT2D eigenvalue weighted by atomic mass is 35.5. The zero-order chi connectivity index (χ0) is 18.5. The van der Waals surface area contributed by atoms with Crippen LogP contribution in [0.15, 0.2) is 42.5 Å². The fourth-order valence-corrected chi connectivity index (χ4v) is 3.58. The van der Waals surface area contributed by atoms with Crippen LogP contribution in [-0.2, 0) is 4.79 Å². The molecular formula is C19H20Cl2N2O3. The molecule has 1 aliphatic rings. The first-order chi connectivity index (χ1) is 12.6. The van der Waals surface area contributed by atoms with Crippen molar-refractivity contribution < 1.29 is 14.3 Å². The molecule has 1 amide bonds. The summed E-state index contributed by atoms with van der Waals surface area (Å²) in [5.41, 5.74) is 0.827. The lowest BCUT2D eigenvalue weighted by Crippen LogP contribution is -2.50. The number of hydrogen-bond donors (Lipinski definition) is 0. The SMILES string of the molecule is COc1ccccc1OCC(=O)N1CCN(c2c(Cl)cccc2Cl)CC1. The number of para-hydroxylation sites is 3. The number of hydrogen-bond acceptors (Lipinski definition) is 4. The van der Waals surface area contributed by atoms with E-state index in [9.17, 15) is 4.79 Å². The first-order valence-electron chi connectivity index (χ1n) is 8.32. The van der Waals surface area contributed by atoms with Gasteiger partial charge in [-0.15, -0.1) is 0 Å². The number of carbonyl (C=O) groups is 1. The Morgan fingerprint density at radius 3 is 2.19 bits per heavy atom. The van der Waals surface area contributed by atoms with Gasteiger partial charge in [0.05, 0.1) is 22.8 Å². The van der Waals surface area contributed by atoms with Gasteiger partial charge in [0.1, 0.15) is 0 Å². The third-order valence-corrected chi connectivity index (χ3v) is 4.92. The highest BCUT2D eigenvalue weighted by Crippen LogP contribution is 2.34. The highest BCUT2D eigenvalue weighted by molar-refractivity contribution is 6.39. The van der Waals surface area contributed by atoms with Gasteiger partial charge in [-0.05, 0) is 24.3 Å². The minimum absolute atomic E-state index is 0.0206. The van der Waals surface area contributed by atoms with Gasteiger partial charge in [0, 0.05) is 26.2 Å². The van der Waals surface area contributed by atoms with Gasteiger partial charge in [0.2, 0.25) is 0 Å². The second-order valence-corrected chi connectivity index (χ2v) is 6.69. The van der Waals surface area contributed by atoms with Crippen molar-refractivity contribution in [1.29, 1.82) is 0 Å². The summed E-state index contributed by atoms with van der Waals surface area (Å²) in [7, 11) is 1.57. The van der Waals surface area contributed by atoms with Gasteiger partial charge in [0.25, 0.3) is 5.91 Å². The monoisotopic (exact) mass is 394 g/mol. The van der Waals surface area contributed by atoms with Gasteiger partial charge in [-0.1, -0.05) is 41.4 Å². The second-order valence-electron chi connectivity index (χ2n) is 5.88. The van der Waals surface area contributed by atoms with E-state index in [0.29, 0.717) is 47.7 Å². The van der Waals surface area contributed by atoms with E-state index in [1.807, 2.05) is 30.3 Å². The second kappa shape index (κ2) is 8.52. The minimum Gasteiger partial charge on any atom is -0.493 e. The summed E-state index contributed by atoms with van der Waals surface area (Å²) in [6.45, 7) is 2.51. The molecule has 7 heteroatoms. The van der Waals surface area contributed by atoms with Gasteiger partial charge in [-0.3, -0.25) is 4.79 Å². The largest absolute Gasteiger partial charge is 0.493 e. The van der Waals surface area contributed by atoms with E-state index in [0.717, 1.165) is 5.69 Å². The summed E-state index contributed by atoms with van der Waals surface area (Å²) in [4.78, 5) is 16.3. The van der Waals surface area contributed by atoms with Crippen LogP contribution in [0, 0.1) is 0 Å². The van der Waals surface area contributed by atoms with Gasteiger partial charge < -0.3 is 19.3 Å². The quantitative estimate of drug-likeness (QED) is 0.774. The Hall–Kier alpha value is -2.11. The van der Waals surface area contributed by atoms with Crippen molar-refractivity contribution in [2.45, 2.75) is 0 Å². The summed E-state index contributed by atoms with van der Waals surface area (Å²) < 4.78 is 10.8. The number of amides is 1. The zero-order valence-corrected chi connectivity index (χ0v) is 16.0. The van der Waals surface area contributed by atoms with Crippen LogP contribution >= 0.6 is 23.2 Å². The van der Waals surface area contributed by atoms with Crippen LogP contribution in [0.1, 0.15) is 0 Å².